The minimum Gasteiger partial charge on any atom is -0.481 e. The van der Waals surface area contributed by atoms with Gasteiger partial charge in [0, 0.05) is 39.3 Å². The molecule has 2 aliphatic rings. The number of nitrogens with one attached hydrogen (secondary N) is 1. The zero-order valence-corrected chi connectivity index (χ0v) is 12.5. The molecule has 8 nitrogen and oxygen atoms in total. The fraction of sp³-hybridized carbons (Fsp3) is 0.714. The highest BCUT2D eigenvalue weighted by molar-refractivity contribution is 5.87. The molecule has 1 fully saturated rings. The summed E-state index contributed by atoms with van der Waals surface area (Å²) in [5.74, 6) is -2.74. The van der Waals surface area contributed by atoms with E-state index in [4.69, 9.17) is 16.2 Å². The van der Waals surface area contributed by atoms with Gasteiger partial charge in [-0.3, -0.25) is 14.5 Å². The SMILES string of the molecule is NCCN(CCN)CCNC(=O)C1C2C=CC(O2)C1C(=O)O. The normalized spacial score (nSPS) is 29.2. The molecule has 0 spiro atoms. The van der Waals surface area contributed by atoms with Crippen molar-refractivity contribution >= 4 is 11.9 Å². The lowest BCUT2D eigenvalue weighted by atomic mass is 9.82. The Labute approximate surface area is 129 Å². The van der Waals surface area contributed by atoms with E-state index in [1.54, 1.807) is 12.2 Å². The summed E-state index contributed by atoms with van der Waals surface area (Å²) < 4.78 is 5.49. The number of hydrogen-bond acceptors (Lipinski definition) is 6. The monoisotopic (exact) mass is 312 g/mol. The molecule has 1 amide bonds. The van der Waals surface area contributed by atoms with E-state index in [1.165, 1.54) is 0 Å². The Bertz CT molecular complexity index is 437. The first-order valence-corrected chi connectivity index (χ1v) is 7.55. The fourth-order valence-corrected chi connectivity index (χ4v) is 3.07. The molecule has 0 aliphatic carbocycles. The van der Waals surface area contributed by atoms with Gasteiger partial charge in [-0.15, -0.1) is 0 Å². The van der Waals surface area contributed by atoms with Gasteiger partial charge >= 0.3 is 5.97 Å². The first kappa shape index (κ1) is 16.9. The van der Waals surface area contributed by atoms with Crippen molar-refractivity contribution in [1.29, 1.82) is 0 Å². The van der Waals surface area contributed by atoms with Crippen LogP contribution >= 0.6 is 0 Å². The molecule has 0 radical (unpaired) electrons. The average molecular weight is 312 g/mol. The van der Waals surface area contributed by atoms with E-state index in [2.05, 4.69) is 10.2 Å². The maximum atomic E-state index is 12.3. The number of rotatable bonds is 9. The highest BCUT2D eigenvalue weighted by atomic mass is 16.5. The predicted molar refractivity (Wildman–Crippen MR) is 80.0 cm³/mol. The lowest BCUT2D eigenvalue weighted by Crippen LogP contribution is -2.45. The summed E-state index contributed by atoms with van der Waals surface area (Å²) in [6, 6.07) is 0. The predicted octanol–water partition coefficient (Wildman–Crippen LogP) is -2.02. The summed E-state index contributed by atoms with van der Waals surface area (Å²) in [4.78, 5) is 25.7. The van der Waals surface area contributed by atoms with Gasteiger partial charge in [-0.25, -0.2) is 0 Å². The van der Waals surface area contributed by atoms with Crippen LogP contribution in [-0.2, 0) is 14.3 Å². The summed E-state index contributed by atoms with van der Waals surface area (Å²) >= 11 is 0. The second kappa shape index (κ2) is 7.68. The van der Waals surface area contributed by atoms with Crippen LogP contribution in [0.4, 0.5) is 0 Å². The van der Waals surface area contributed by atoms with Crippen molar-refractivity contribution in [1.82, 2.24) is 10.2 Å². The van der Waals surface area contributed by atoms with E-state index in [1.807, 2.05) is 0 Å². The van der Waals surface area contributed by atoms with Gasteiger partial charge < -0.3 is 26.6 Å². The quantitative estimate of drug-likeness (QED) is 0.361. The lowest BCUT2D eigenvalue weighted by Gasteiger charge is -2.23. The Kier molecular flexibility index (Phi) is 5.90. The molecule has 124 valence electrons. The number of carbonyl (C=O) groups excluding carboxylic acids is 1. The molecular formula is C14H24N4O4. The van der Waals surface area contributed by atoms with Crippen LogP contribution < -0.4 is 16.8 Å². The van der Waals surface area contributed by atoms with Crippen molar-refractivity contribution < 1.29 is 19.4 Å². The number of carbonyl (C=O) groups is 2. The van der Waals surface area contributed by atoms with E-state index >= 15 is 0 Å². The molecule has 0 saturated carbocycles. The Morgan fingerprint density at radius 1 is 1.09 bits per heavy atom. The first-order chi connectivity index (χ1) is 10.6. The Hall–Kier alpha value is -1.48. The smallest absolute Gasteiger partial charge is 0.310 e. The highest BCUT2D eigenvalue weighted by Crippen LogP contribution is 2.39. The van der Waals surface area contributed by atoms with Gasteiger partial charge in [0.25, 0.3) is 0 Å². The van der Waals surface area contributed by atoms with Crippen LogP contribution in [0, 0.1) is 11.8 Å². The van der Waals surface area contributed by atoms with Crippen LogP contribution in [0.15, 0.2) is 12.2 Å². The molecule has 8 heteroatoms. The molecule has 1 saturated heterocycles. The van der Waals surface area contributed by atoms with Crippen molar-refractivity contribution in [3.63, 3.8) is 0 Å². The van der Waals surface area contributed by atoms with E-state index in [0.29, 0.717) is 39.3 Å². The van der Waals surface area contributed by atoms with Crippen LogP contribution in [-0.4, -0.2) is 73.4 Å². The molecule has 2 bridgehead atoms. The van der Waals surface area contributed by atoms with Gasteiger partial charge in [0.2, 0.25) is 5.91 Å². The van der Waals surface area contributed by atoms with Crippen molar-refractivity contribution in [2.75, 3.05) is 39.3 Å². The van der Waals surface area contributed by atoms with Crippen molar-refractivity contribution in [2.24, 2.45) is 23.3 Å². The van der Waals surface area contributed by atoms with Crippen LogP contribution in [0.5, 0.6) is 0 Å². The maximum absolute atomic E-state index is 12.3. The van der Waals surface area contributed by atoms with Crippen molar-refractivity contribution in [3.8, 4) is 0 Å². The van der Waals surface area contributed by atoms with Gasteiger partial charge in [-0.2, -0.15) is 0 Å². The second-order valence-electron chi connectivity index (χ2n) is 5.55. The minimum atomic E-state index is -0.995. The van der Waals surface area contributed by atoms with Gasteiger partial charge in [-0.05, 0) is 0 Å². The molecule has 22 heavy (non-hydrogen) atoms. The standard InChI is InChI=1S/C14H24N4O4/c15-3-6-18(7-4-16)8-5-17-13(19)11-9-1-2-10(22-9)12(11)14(20)21/h1-2,9-12H,3-8,15-16H2,(H,17,19)(H,20,21). The second-order valence-corrected chi connectivity index (χ2v) is 5.55. The number of carboxylic acids is 1. The van der Waals surface area contributed by atoms with Crippen LogP contribution in [0.25, 0.3) is 0 Å². The van der Waals surface area contributed by atoms with E-state index in [9.17, 15) is 14.7 Å². The number of fused-ring (bicyclic) bond motifs is 2. The first-order valence-electron chi connectivity index (χ1n) is 7.55. The van der Waals surface area contributed by atoms with E-state index in [-0.39, 0.29) is 5.91 Å². The molecule has 4 unspecified atom stereocenters. The number of hydrogen-bond donors (Lipinski definition) is 4. The molecule has 2 aliphatic heterocycles. The van der Waals surface area contributed by atoms with Gasteiger partial charge in [0.15, 0.2) is 0 Å². The fourth-order valence-electron chi connectivity index (χ4n) is 3.07. The van der Waals surface area contributed by atoms with Gasteiger partial charge in [-0.1, -0.05) is 12.2 Å². The number of carboxylic acid groups (broad SMARTS) is 1. The lowest BCUT2D eigenvalue weighted by molar-refractivity contribution is -0.146. The minimum absolute atomic E-state index is 0.273. The third kappa shape index (κ3) is 3.64. The zero-order valence-electron chi connectivity index (χ0n) is 12.5. The molecule has 4 atom stereocenters. The van der Waals surface area contributed by atoms with Crippen LogP contribution in [0.1, 0.15) is 0 Å². The molecule has 0 aromatic rings. The van der Waals surface area contributed by atoms with Crippen LogP contribution in [0.2, 0.25) is 0 Å². The van der Waals surface area contributed by atoms with Crippen molar-refractivity contribution in [3.05, 3.63) is 12.2 Å². The highest BCUT2D eigenvalue weighted by Gasteiger charge is 2.53. The number of nitrogens with zero attached hydrogens (tertiary/aromatic N) is 1. The molecular weight excluding hydrogens is 288 g/mol. The van der Waals surface area contributed by atoms with E-state index < -0.39 is 30.0 Å². The van der Waals surface area contributed by atoms with E-state index in [0.717, 1.165) is 0 Å². The molecule has 2 heterocycles. The topological polar surface area (TPSA) is 131 Å². The summed E-state index contributed by atoms with van der Waals surface area (Å²) in [6.45, 7) is 3.55. The Balaban J connectivity index is 1.84. The molecule has 6 N–H and O–H groups in total. The number of aliphatic carboxylic acids is 1. The largest absolute Gasteiger partial charge is 0.481 e. The third-order valence-corrected chi connectivity index (χ3v) is 4.11. The summed E-state index contributed by atoms with van der Waals surface area (Å²) in [5, 5.41) is 12.1. The maximum Gasteiger partial charge on any atom is 0.310 e. The Morgan fingerprint density at radius 3 is 2.23 bits per heavy atom. The molecule has 2 rings (SSSR count). The van der Waals surface area contributed by atoms with Crippen molar-refractivity contribution in [2.45, 2.75) is 12.2 Å². The number of ether oxygens (including phenoxy) is 1. The number of nitrogens with two attached hydrogens (primary N) is 2. The van der Waals surface area contributed by atoms with Gasteiger partial charge in [0.05, 0.1) is 18.1 Å². The van der Waals surface area contributed by atoms with Crippen LogP contribution in [0.3, 0.4) is 0 Å². The molecule has 0 aromatic carbocycles. The third-order valence-electron chi connectivity index (χ3n) is 4.11. The number of amides is 1. The average Bonchev–Trinajstić information content (AvgIpc) is 3.08. The summed E-state index contributed by atoms with van der Waals surface area (Å²) in [6.07, 6.45) is 2.56. The summed E-state index contributed by atoms with van der Waals surface area (Å²) in [7, 11) is 0. The van der Waals surface area contributed by atoms with Gasteiger partial charge in [0.1, 0.15) is 5.92 Å². The Morgan fingerprint density at radius 2 is 1.68 bits per heavy atom. The zero-order chi connectivity index (χ0) is 16.1. The summed E-state index contributed by atoms with van der Waals surface area (Å²) in [5.41, 5.74) is 11.0. The molecule has 0 aromatic heterocycles.